The number of carbonyl (C=O) groups excluding carboxylic acids is 1. The lowest BCUT2D eigenvalue weighted by Gasteiger charge is -2.22. The van der Waals surface area contributed by atoms with Crippen molar-refractivity contribution in [1.82, 2.24) is 20.1 Å². The van der Waals surface area contributed by atoms with E-state index in [0.717, 1.165) is 12.8 Å². The number of nitrogens with zero attached hydrogens (tertiary/aromatic N) is 3. The van der Waals surface area contributed by atoms with Crippen LogP contribution < -0.4 is 5.32 Å². The smallest absolute Gasteiger partial charge is 0.230 e. The van der Waals surface area contributed by atoms with Gasteiger partial charge in [-0.2, -0.15) is 0 Å². The van der Waals surface area contributed by atoms with Crippen LogP contribution in [0.25, 0.3) is 11.4 Å². The van der Waals surface area contributed by atoms with E-state index in [1.54, 1.807) is 6.07 Å². The fraction of sp³-hybridized carbons (Fsp3) is 0.500. The SMILES string of the molecule is CCn1c(SCC(=O)NC2CCCCC2)nnc1-c1cccc(F)c1. The van der Waals surface area contributed by atoms with Crippen molar-refractivity contribution in [2.45, 2.75) is 56.8 Å². The third-order valence-corrected chi connectivity index (χ3v) is 5.39. The molecule has 25 heavy (non-hydrogen) atoms. The highest BCUT2D eigenvalue weighted by molar-refractivity contribution is 7.99. The summed E-state index contributed by atoms with van der Waals surface area (Å²) in [6.45, 7) is 2.64. The van der Waals surface area contributed by atoms with Crippen molar-refractivity contribution in [2.75, 3.05) is 5.75 Å². The van der Waals surface area contributed by atoms with Crippen LogP contribution in [0.5, 0.6) is 0 Å². The molecule has 0 bridgehead atoms. The highest BCUT2D eigenvalue weighted by Gasteiger charge is 2.18. The van der Waals surface area contributed by atoms with Gasteiger partial charge in [0.15, 0.2) is 11.0 Å². The highest BCUT2D eigenvalue weighted by atomic mass is 32.2. The number of aromatic nitrogens is 3. The molecular formula is C18H23FN4OS. The monoisotopic (exact) mass is 362 g/mol. The van der Waals surface area contributed by atoms with Gasteiger partial charge >= 0.3 is 0 Å². The number of thioether (sulfide) groups is 1. The standard InChI is InChI=1S/C18H23FN4OS/c1-2-23-17(13-7-6-8-14(19)11-13)21-22-18(23)25-12-16(24)20-15-9-4-3-5-10-15/h6-8,11,15H,2-5,9-10,12H2,1H3,(H,20,24). The molecule has 1 aliphatic carbocycles. The molecule has 0 unspecified atom stereocenters. The summed E-state index contributed by atoms with van der Waals surface area (Å²) in [6.07, 6.45) is 5.80. The van der Waals surface area contributed by atoms with E-state index in [9.17, 15) is 9.18 Å². The van der Waals surface area contributed by atoms with Gasteiger partial charge in [0, 0.05) is 18.2 Å². The molecule has 0 saturated heterocycles. The lowest BCUT2D eigenvalue weighted by molar-refractivity contribution is -0.119. The van der Waals surface area contributed by atoms with E-state index in [2.05, 4.69) is 15.5 Å². The molecule has 1 aromatic heterocycles. The van der Waals surface area contributed by atoms with Crippen LogP contribution in [0.3, 0.4) is 0 Å². The van der Waals surface area contributed by atoms with Gasteiger partial charge in [-0.1, -0.05) is 43.2 Å². The van der Waals surface area contributed by atoms with Crippen molar-refractivity contribution in [3.05, 3.63) is 30.1 Å². The highest BCUT2D eigenvalue weighted by Crippen LogP contribution is 2.24. The van der Waals surface area contributed by atoms with E-state index < -0.39 is 0 Å². The zero-order valence-electron chi connectivity index (χ0n) is 14.4. The van der Waals surface area contributed by atoms with Crippen molar-refractivity contribution in [3.63, 3.8) is 0 Å². The number of carbonyl (C=O) groups is 1. The van der Waals surface area contributed by atoms with Gasteiger partial charge in [0.25, 0.3) is 0 Å². The molecular weight excluding hydrogens is 339 g/mol. The van der Waals surface area contributed by atoms with E-state index in [4.69, 9.17) is 0 Å². The molecule has 0 spiro atoms. The summed E-state index contributed by atoms with van der Waals surface area (Å²) in [6, 6.07) is 6.63. The summed E-state index contributed by atoms with van der Waals surface area (Å²) in [5.41, 5.74) is 0.688. The Hall–Kier alpha value is -1.89. The Morgan fingerprint density at radius 1 is 1.32 bits per heavy atom. The van der Waals surface area contributed by atoms with Crippen molar-refractivity contribution in [3.8, 4) is 11.4 Å². The fourth-order valence-electron chi connectivity index (χ4n) is 3.17. The van der Waals surface area contributed by atoms with Crippen LogP contribution >= 0.6 is 11.8 Å². The molecule has 0 radical (unpaired) electrons. The second-order valence-corrected chi connectivity index (χ2v) is 7.19. The maximum atomic E-state index is 13.5. The van der Waals surface area contributed by atoms with Gasteiger partial charge in [-0.3, -0.25) is 4.79 Å². The zero-order chi connectivity index (χ0) is 17.6. The number of rotatable bonds is 6. The van der Waals surface area contributed by atoms with E-state index in [0.29, 0.717) is 34.9 Å². The molecule has 7 heteroatoms. The van der Waals surface area contributed by atoms with Gasteiger partial charge in [0.2, 0.25) is 5.91 Å². The summed E-state index contributed by atoms with van der Waals surface area (Å²) in [7, 11) is 0. The van der Waals surface area contributed by atoms with Crippen molar-refractivity contribution >= 4 is 17.7 Å². The zero-order valence-corrected chi connectivity index (χ0v) is 15.2. The average Bonchev–Trinajstić information content (AvgIpc) is 3.04. The lowest BCUT2D eigenvalue weighted by atomic mass is 9.95. The molecule has 2 aromatic rings. The fourth-order valence-corrected chi connectivity index (χ4v) is 3.98. The van der Waals surface area contributed by atoms with Crippen LogP contribution in [0.15, 0.2) is 29.4 Å². The van der Waals surface area contributed by atoms with Gasteiger partial charge < -0.3 is 9.88 Å². The Morgan fingerprint density at radius 3 is 2.84 bits per heavy atom. The third kappa shape index (κ3) is 4.60. The lowest BCUT2D eigenvalue weighted by Crippen LogP contribution is -2.37. The largest absolute Gasteiger partial charge is 0.353 e. The molecule has 1 fully saturated rings. The molecule has 0 aliphatic heterocycles. The molecule has 1 aliphatic rings. The topological polar surface area (TPSA) is 59.8 Å². The Bertz CT molecular complexity index is 728. The van der Waals surface area contributed by atoms with Crippen LogP contribution in [0.4, 0.5) is 4.39 Å². The first-order valence-corrected chi connectivity index (χ1v) is 9.77. The maximum Gasteiger partial charge on any atom is 0.230 e. The minimum atomic E-state index is -0.302. The van der Waals surface area contributed by atoms with Crippen LogP contribution in [-0.2, 0) is 11.3 Å². The Kier molecular flexibility index (Phi) is 6.07. The normalized spacial score (nSPS) is 15.3. The molecule has 0 atom stereocenters. The van der Waals surface area contributed by atoms with Crippen LogP contribution in [-0.4, -0.2) is 32.5 Å². The van der Waals surface area contributed by atoms with Crippen molar-refractivity contribution in [1.29, 1.82) is 0 Å². The summed E-state index contributed by atoms with van der Waals surface area (Å²) in [5.74, 6) is 0.675. The van der Waals surface area contributed by atoms with E-state index in [1.165, 1.54) is 43.2 Å². The first-order valence-electron chi connectivity index (χ1n) is 8.78. The van der Waals surface area contributed by atoms with E-state index in [1.807, 2.05) is 17.6 Å². The van der Waals surface area contributed by atoms with Gasteiger partial charge in [0.05, 0.1) is 5.75 Å². The number of amides is 1. The number of hydrogen-bond acceptors (Lipinski definition) is 4. The molecule has 1 amide bonds. The molecule has 3 rings (SSSR count). The first-order chi connectivity index (χ1) is 12.2. The van der Waals surface area contributed by atoms with E-state index >= 15 is 0 Å². The number of benzene rings is 1. The molecule has 1 saturated carbocycles. The minimum absolute atomic E-state index is 0.0369. The number of hydrogen-bond donors (Lipinski definition) is 1. The van der Waals surface area contributed by atoms with Crippen LogP contribution in [0.1, 0.15) is 39.0 Å². The minimum Gasteiger partial charge on any atom is -0.353 e. The summed E-state index contributed by atoms with van der Waals surface area (Å²) < 4.78 is 15.4. The number of nitrogens with one attached hydrogen (secondary N) is 1. The van der Waals surface area contributed by atoms with Crippen LogP contribution in [0, 0.1) is 5.82 Å². The average molecular weight is 362 g/mol. The van der Waals surface area contributed by atoms with Gasteiger partial charge in [-0.25, -0.2) is 4.39 Å². The molecule has 134 valence electrons. The van der Waals surface area contributed by atoms with Gasteiger partial charge in [0.1, 0.15) is 5.82 Å². The summed E-state index contributed by atoms with van der Waals surface area (Å²) >= 11 is 1.37. The second-order valence-electron chi connectivity index (χ2n) is 6.25. The maximum absolute atomic E-state index is 13.5. The second kappa shape index (κ2) is 8.47. The van der Waals surface area contributed by atoms with Crippen molar-refractivity contribution < 1.29 is 9.18 Å². The molecule has 1 heterocycles. The van der Waals surface area contributed by atoms with Gasteiger partial charge in [-0.05, 0) is 31.9 Å². The summed E-state index contributed by atoms with van der Waals surface area (Å²) in [5, 5.41) is 12.2. The van der Waals surface area contributed by atoms with Crippen molar-refractivity contribution in [2.24, 2.45) is 0 Å². The van der Waals surface area contributed by atoms with Gasteiger partial charge in [-0.15, -0.1) is 10.2 Å². The van der Waals surface area contributed by atoms with Crippen LogP contribution in [0.2, 0.25) is 0 Å². The van der Waals surface area contributed by atoms with E-state index in [-0.39, 0.29) is 11.7 Å². The quantitative estimate of drug-likeness (QED) is 0.797. The number of halogens is 1. The first kappa shape index (κ1) is 17.9. The molecule has 1 aromatic carbocycles. The molecule has 1 N–H and O–H groups in total. The third-order valence-electron chi connectivity index (χ3n) is 4.42. The molecule has 5 nitrogen and oxygen atoms in total. The Labute approximate surface area is 151 Å². The Balaban J connectivity index is 1.63. The summed E-state index contributed by atoms with van der Waals surface area (Å²) in [4.78, 5) is 12.2. The predicted octanol–water partition coefficient (Wildman–Crippen LogP) is 3.65. The predicted molar refractivity (Wildman–Crippen MR) is 96.8 cm³/mol. The Morgan fingerprint density at radius 2 is 2.12 bits per heavy atom.